The zero-order valence-electron chi connectivity index (χ0n) is 11.6. The summed E-state index contributed by atoms with van der Waals surface area (Å²) in [5.74, 6) is 0.707. The minimum absolute atomic E-state index is 0.0849. The Morgan fingerprint density at radius 2 is 2.06 bits per heavy atom. The van der Waals surface area contributed by atoms with Crippen molar-refractivity contribution in [1.29, 1.82) is 0 Å². The van der Waals surface area contributed by atoms with Crippen molar-refractivity contribution in [1.82, 2.24) is 5.32 Å². The first-order chi connectivity index (χ1) is 8.48. The van der Waals surface area contributed by atoms with Crippen molar-refractivity contribution in [2.75, 3.05) is 20.3 Å². The van der Waals surface area contributed by atoms with E-state index in [0.29, 0.717) is 25.5 Å². The second-order valence-corrected chi connectivity index (χ2v) is 4.91. The quantitative estimate of drug-likeness (QED) is 0.783. The van der Waals surface area contributed by atoms with Crippen LogP contribution in [0.1, 0.15) is 26.3 Å². The van der Waals surface area contributed by atoms with E-state index in [1.165, 1.54) is 0 Å². The van der Waals surface area contributed by atoms with E-state index in [2.05, 4.69) is 19.2 Å². The summed E-state index contributed by atoms with van der Waals surface area (Å²) in [5.41, 5.74) is 0.985. The second kappa shape index (κ2) is 6.61. The first-order valence-corrected chi connectivity index (χ1v) is 6.17. The zero-order valence-corrected chi connectivity index (χ0v) is 11.6. The van der Waals surface area contributed by atoms with Crippen LogP contribution in [-0.2, 0) is 11.3 Å². The molecule has 4 heteroatoms. The van der Waals surface area contributed by atoms with Gasteiger partial charge in [-0.1, -0.05) is 6.07 Å². The van der Waals surface area contributed by atoms with Crippen LogP contribution in [0.25, 0.3) is 0 Å². The van der Waals surface area contributed by atoms with Crippen molar-refractivity contribution < 1.29 is 14.6 Å². The van der Waals surface area contributed by atoms with Gasteiger partial charge < -0.3 is 19.9 Å². The van der Waals surface area contributed by atoms with E-state index < -0.39 is 0 Å². The fraction of sp³-hybridized carbons (Fsp3) is 0.571. The van der Waals surface area contributed by atoms with E-state index in [4.69, 9.17) is 9.47 Å². The molecule has 0 bridgehead atoms. The van der Waals surface area contributed by atoms with Gasteiger partial charge >= 0.3 is 0 Å². The summed E-state index contributed by atoms with van der Waals surface area (Å²) in [6, 6.07) is 5.40. The minimum atomic E-state index is -0.0849. The van der Waals surface area contributed by atoms with Gasteiger partial charge in [-0.2, -0.15) is 0 Å². The van der Waals surface area contributed by atoms with Gasteiger partial charge in [0.2, 0.25) is 0 Å². The van der Waals surface area contributed by atoms with E-state index in [1.807, 2.05) is 19.1 Å². The van der Waals surface area contributed by atoms with E-state index >= 15 is 0 Å². The second-order valence-electron chi connectivity index (χ2n) is 4.91. The molecule has 4 nitrogen and oxygen atoms in total. The highest BCUT2D eigenvalue weighted by Crippen LogP contribution is 2.26. The highest BCUT2D eigenvalue weighted by atomic mass is 16.5. The fourth-order valence-electron chi connectivity index (χ4n) is 1.69. The lowest BCUT2D eigenvalue weighted by atomic mass is 10.1. The van der Waals surface area contributed by atoms with Crippen LogP contribution in [0.2, 0.25) is 0 Å². The molecular weight excluding hydrogens is 230 g/mol. The number of phenols is 1. The third-order valence-corrected chi connectivity index (χ3v) is 2.60. The summed E-state index contributed by atoms with van der Waals surface area (Å²) in [4.78, 5) is 0. The minimum Gasteiger partial charge on any atom is -0.504 e. The van der Waals surface area contributed by atoms with Crippen molar-refractivity contribution in [3.8, 4) is 11.5 Å². The molecule has 1 aromatic carbocycles. The standard InChI is InChI=1S/C14H23NO3/c1-5-18-13-8-11(6-7-12(13)16)9-15-14(2,3)10-17-4/h6-8,15-16H,5,9-10H2,1-4H3. The average Bonchev–Trinajstić information content (AvgIpc) is 2.30. The lowest BCUT2D eigenvalue weighted by Crippen LogP contribution is -2.42. The molecule has 0 radical (unpaired) electrons. The van der Waals surface area contributed by atoms with Crippen LogP contribution in [0, 0.1) is 0 Å². The van der Waals surface area contributed by atoms with Crippen molar-refractivity contribution in [3.63, 3.8) is 0 Å². The average molecular weight is 253 g/mol. The lowest BCUT2D eigenvalue weighted by Gasteiger charge is -2.25. The molecule has 0 aliphatic rings. The Balaban J connectivity index is 2.65. The molecule has 0 saturated heterocycles. The van der Waals surface area contributed by atoms with Gasteiger partial charge in [-0.15, -0.1) is 0 Å². The molecule has 0 aliphatic heterocycles. The van der Waals surface area contributed by atoms with E-state index in [0.717, 1.165) is 5.56 Å². The smallest absolute Gasteiger partial charge is 0.161 e. The molecule has 0 atom stereocenters. The molecule has 0 fully saturated rings. The number of aromatic hydroxyl groups is 1. The Bertz CT molecular complexity index is 377. The molecule has 0 unspecified atom stereocenters. The molecule has 0 saturated carbocycles. The Hall–Kier alpha value is -1.26. The fourth-order valence-corrected chi connectivity index (χ4v) is 1.69. The number of rotatable bonds is 7. The maximum Gasteiger partial charge on any atom is 0.161 e. The van der Waals surface area contributed by atoms with E-state index in [-0.39, 0.29) is 11.3 Å². The Morgan fingerprint density at radius 1 is 1.33 bits per heavy atom. The van der Waals surface area contributed by atoms with Gasteiger partial charge in [0.25, 0.3) is 0 Å². The van der Waals surface area contributed by atoms with Gasteiger partial charge in [-0.3, -0.25) is 0 Å². The third-order valence-electron chi connectivity index (χ3n) is 2.60. The molecule has 102 valence electrons. The summed E-state index contributed by atoms with van der Waals surface area (Å²) in [7, 11) is 1.69. The number of methoxy groups -OCH3 is 1. The first-order valence-electron chi connectivity index (χ1n) is 6.17. The van der Waals surface area contributed by atoms with Crippen molar-refractivity contribution in [3.05, 3.63) is 23.8 Å². The summed E-state index contributed by atoms with van der Waals surface area (Å²) in [6.45, 7) is 7.95. The summed E-state index contributed by atoms with van der Waals surface area (Å²) >= 11 is 0. The Labute approximate surface area is 109 Å². The van der Waals surface area contributed by atoms with E-state index in [9.17, 15) is 5.11 Å². The van der Waals surface area contributed by atoms with Crippen LogP contribution in [-0.4, -0.2) is 31.0 Å². The Morgan fingerprint density at radius 3 is 2.67 bits per heavy atom. The first kappa shape index (κ1) is 14.8. The SMILES string of the molecule is CCOc1cc(CNC(C)(C)COC)ccc1O. The molecule has 0 spiro atoms. The molecule has 2 N–H and O–H groups in total. The highest BCUT2D eigenvalue weighted by Gasteiger charge is 2.16. The predicted molar refractivity (Wildman–Crippen MR) is 72.1 cm³/mol. The molecule has 1 rings (SSSR count). The normalized spacial score (nSPS) is 11.6. The zero-order chi connectivity index (χ0) is 13.6. The Kier molecular flexibility index (Phi) is 5.44. The topological polar surface area (TPSA) is 50.7 Å². The van der Waals surface area contributed by atoms with Gasteiger partial charge in [0, 0.05) is 19.2 Å². The van der Waals surface area contributed by atoms with Crippen LogP contribution in [0.4, 0.5) is 0 Å². The van der Waals surface area contributed by atoms with Crippen LogP contribution in [0.15, 0.2) is 18.2 Å². The van der Waals surface area contributed by atoms with Crippen molar-refractivity contribution >= 4 is 0 Å². The molecule has 0 amide bonds. The number of ether oxygens (including phenoxy) is 2. The van der Waals surface area contributed by atoms with Gasteiger partial charge in [0.1, 0.15) is 0 Å². The van der Waals surface area contributed by atoms with Crippen molar-refractivity contribution in [2.24, 2.45) is 0 Å². The van der Waals surface area contributed by atoms with Crippen LogP contribution >= 0.6 is 0 Å². The maximum absolute atomic E-state index is 9.61. The molecule has 0 heterocycles. The van der Waals surface area contributed by atoms with E-state index in [1.54, 1.807) is 13.2 Å². The van der Waals surface area contributed by atoms with Crippen LogP contribution in [0.5, 0.6) is 11.5 Å². The number of benzene rings is 1. The van der Waals surface area contributed by atoms with Gasteiger partial charge in [-0.05, 0) is 38.5 Å². The number of phenolic OH excluding ortho intramolecular Hbond substituents is 1. The van der Waals surface area contributed by atoms with Gasteiger partial charge in [-0.25, -0.2) is 0 Å². The van der Waals surface area contributed by atoms with Crippen LogP contribution in [0.3, 0.4) is 0 Å². The highest BCUT2D eigenvalue weighted by molar-refractivity contribution is 5.41. The maximum atomic E-state index is 9.61. The molecule has 0 aliphatic carbocycles. The van der Waals surface area contributed by atoms with Crippen LogP contribution < -0.4 is 10.1 Å². The molecule has 1 aromatic rings. The molecule has 0 aromatic heterocycles. The van der Waals surface area contributed by atoms with Gasteiger partial charge in [0.05, 0.1) is 13.2 Å². The predicted octanol–water partition coefficient (Wildman–Crippen LogP) is 2.31. The number of hydrogen-bond acceptors (Lipinski definition) is 4. The third kappa shape index (κ3) is 4.55. The van der Waals surface area contributed by atoms with Gasteiger partial charge in [0.15, 0.2) is 11.5 Å². The molecular formula is C14H23NO3. The van der Waals surface area contributed by atoms with Crippen molar-refractivity contribution in [2.45, 2.75) is 32.9 Å². The summed E-state index contributed by atoms with van der Waals surface area (Å²) in [5, 5.41) is 13.0. The monoisotopic (exact) mass is 253 g/mol. The number of hydrogen-bond donors (Lipinski definition) is 2. The lowest BCUT2D eigenvalue weighted by molar-refractivity contribution is 0.127. The summed E-state index contributed by atoms with van der Waals surface area (Å²) in [6.07, 6.45) is 0. The number of nitrogens with one attached hydrogen (secondary N) is 1. The largest absolute Gasteiger partial charge is 0.504 e. The molecule has 18 heavy (non-hydrogen) atoms. The summed E-state index contributed by atoms with van der Waals surface area (Å²) < 4.78 is 10.5.